The van der Waals surface area contributed by atoms with Gasteiger partial charge in [-0.3, -0.25) is 4.68 Å². The summed E-state index contributed by atoms with van der Waals surface area (Å²) in [4.78, 5) is 0. The van der Waals surface area contributed by atoms with Crippen molar-refractivity contribution in [1.29, 1.82) is 0 Å². The second-order valence-electron chi connectivity index (χ2n) is 3.99. The van der Waals surface area contributed by atoms with Gasteiger partial charge in [0.05, 0.1) is 11.2 Å². The Balaban J connectivity index is 2.93. The summed E-state index contributed by atoms with van der Waals surface area (Å²) in [5.41, 5.74) is 1.12. The maximum absolute atomic E-state index is 4.49. The summed E-state index contributed by atoms with van der Waals surface area (Å²) in [6.45, 7) is 10.4. The molecule has 0 aromatic carbocycles. The molecule has 0 fully saturated rings. The van der Waals surface area contributed by atoms with E-state index < -0.39 is 0 Å². The van der Waals surface area contributed by atoms with Gasteiger partial charge in [0.1, 0.15) is 0 Å². The van der Waals surface area contributed by atoms with Crippen molar-refractivity contribution < 1.29 is 0 Å². The lowest BCUT2D eigenvalue weighted by molar-refractivity contribution is 0.251. The minimum absolute atomic E-state index is 0.163. The monoisotopic (exact) mass is 192 g/mol. The molecular weight excluding hydrogens is 172 g/mol. The van der Waals surface area contributed by atoms with Crippen LogP contribution in [0.15, 0.2) is 18.8 Å². The highest BCUT2D eigenvalue weighted by atomic mass is 15.3. The van der Waals surface area contributed by atoms with Crippen LogP contribution >= 0.6 is 0 Å². The summed E-state index contributed by atoms with van der Waals surface area (Å²) >= 11 is 0. The molecule has 0 bridgehead atoms. The van der Waals surface area contributed by atoms with Crippen LogP contribution in [0.25, 0.3) is 6.08 Å². The Hall–Kier alpha value is -1.05. The van der Waals surface area contributed by atoms with Gasteiger partial charge in [-0.15, -0.1) is 0 Å². The van der Waals surface area contributed by atoms with Crippen LogP contribution in [0, 0.1) is 0 Å². The normalized spacial score (nSPS) is 15.1. The van der Waals surface area contributed by atoms with Gasteiger partial charge in [-0.05, 0) is 31.9 Å². The molecule has 0 saturated heterocycles. The van der Waals surface area contributed by atoms with Crippen LogP contribution in [0.4, 0.5) is 0 Å². The molecule has 1 atom stereocenters. The van der Waals surface area contributed by atoms with Crippen LogP contribution in [0.3, 0.4) is 0 Å². The van der Waals surface area contributed by atoms with Gasteiger partial charge in [0, 0.05) is 6.20 Å². The first-order valence-electron chi connectivity index (χ1n) is 5.35. The lowest BCUT2D eigenvalue weighted by atomic mass is 9.93. The maximum atomic E-state index is 4.49. The third-order valence-corrected chi connectivity index (χ3v) is 2.92. The summed E-state index contributed by atoms with van der Waals surface area (Å²) in [5.74, 6) is 0. The first-order valence-corrected chi connectivity index (χ1v) is 5.35. The fourth-order valence-electron chi connectivity index (χ4n) is 1.74. The third kappa shape index (κ3) is 2.06. The van der Waals surface area contributed by atoms with Crippen molar-refractivity contribution in [2.45, 2.75) is 45.6 Å². The van der Waals surface area contributed by atoms with Gasteiger partial charge >= 0.3 is 0 Å². The zero-order valence-electron chi connectivity index (χ0n) is 9.45. The first kappa shape index (κ1) is 11.0. The van der Waals surface area contributed by atoms with Crippen LogP contribution in [0.1, 0.15) is 45.7 Å². The number of hydrogen-bond acceptors (Lipinski definition) is 1. The molecule has 1 unspecified atom stereocenters. The van der Waals surface area contributed by atoms with Crippen molar-refractivity contribution in [3.05, 3.63) is 24.5 Å². The summed E-state index contributed by atoms with van der Waals surface area (Å²) in [6, 6.07) is 2.01. The molecule has 0 N–H and O–H groups in total. The van der Waals surface area contributed by atoms with Gasteiger partial charge < -0.3 is 0 Å². The summed E-state index contributed by atoms with van der Waals surface area (Å²) in [7, 11) is 0. The van der Waals surface area contributed by atoms with Crippen LogP contribution in [0.2, 0.25) is 0 Å². The minimum Gasteiger partial charge on any atom is -0.266 e. The molecule has 2 nitrogen and oxygen atoms in total. The standard InChI is InChI=1S/C12H20N2/c1-5-9-12(4,7-3)14-10-8-11(6-2)13-14/h6,8,10H,2,5,7,9H2,1,3-4H3. The van der Waals surface area contributed by atoms with Gasteiger partial charge in [-0.25, -0.2) is 0 Å². The average Bonchev–Trinajstić information content (AvgIpc) is 2.66. The molecule has 0 aliphatic heterocycles. The lowest BCUT2D eigenvalue weighted by Gasteiger charge is -2.28. The maximum Gasteiger partial charge on any atom is 0.0845 e. The van der Waals surface area contributed by atoms with Gasteiger partial charge in [0.25, 0.3) is 0 Å². The minimum atomic E-state index is 0.163. The predicted octanol–water partition coefficient (Wildman–Crippen LogP) is 3.45. The second kappa shape index (κ2) is 4.45. The number of aromatic nitrogens is 2. The van der Waals surface area contributed by atoms with Crippen LogP contribution in [0.5, 0.6) is 0 Å². The highest BCUT2D eigenvalue weighted by Crippen LogP contribution is 2.25. The van der Waals surface area contributed by atoms with E-state index in [0.29, 0.717) is 0 Å². The van der Waals surface area contributed by atoms with Crippen LogP contribution < -0.4 is 0 Å². The zero-order valence-corrected chi connectivity index (χ0v) is 9.45. The van der Waals surface area contributed by atoms with Crippen LogP contribution in [-0.4, -0.2) is 9.78 Å². The number of nitrogens with zero attached hydrogens (tertiary/aromatic N) is 2. The molecule has 0 radical (unpaired) electrons. The third-order valence-electron chi connectivity index (χ3n) is 2.92. The molecule has 14 heavy (non-hydrogen) atoms. The molecule has 1 aromatic rings. The fourth-order valence-corrected chi connectivity index (χ4v) is 1.74. The number of hydrogen-bond donors (Lipinski definition) is 0. The van der Waals surface area contributed by atoms with E-state index >= 15 is 0 Å². The second-order valence-corrected chi connectivity index (χ2v) is 3.99. The quantitative estimate of drug-likeness (QED) is 0.698. The number of rotatable bonds is 5. The summed E-state index contributed by atoms with van der Waals surface area (Å²) < 4.78 is 2.08. The van der Waals surface area contributed by atoms with Crippen molar-refractivity contribution >= 4 is 6.08 Å². The van der Waals surface area contributed by atoms with E-state index in [2.05, 4.69) is 43.3 Å². The topological polar surface area (TPSA) is 17.8 Å². The predicted molar refractivity (Wildman–Crippen MR) is 61.2 cm³/mol. The fraction of sp³-hybridized carbons (Fsp3) is 0.583. The SMILES string of the molecule is C=Cc1ccn(C(C)(CC)CCC)n1. The Labute approximate surface area is 86.6 Å². The van der Waals surface area contributed by atoms with Gasteiger partial charge in [-0.1, -0.05) is 26.8 Å². The molecule has 0 aliphatic rings. The molecular formula is C12H20N2. The Bertz CT molecular complexity index is 301. The van der Waals surface area contributed by atoms with Gasteiger partial charge in [0.15, 0.2) is 0 Å². The molecule has 0 spiro atoms. The van der Waals surface area contributed by atoms with Crippen molar-refractivity contribution in [2.75, 3.05) is 0 Å². The van der Waals surface area contributed by atoms with Crippen LogP contribution in [-0.2, 0) is 5.54 Å². The van der Waals surface area contributed by atoms with E-state index in [0.717, 1.165) is 12.1 Å². The Kier molecular flexibility index (Phi) is 3.50. The smallest absolute Gasteiger partial charge is 0.0845 e. The van der Waals surface area contributed by atoms with E-state index in [4.69, 9.17) is 0 Å². The summed E-state index contributed by atoms with van der Waals surface area (Å²) in [5, 5.41) is 4.49. The first-order chi connectivity index (χ1) is 6.66. The molecule has 78 valence electrons. The zero-order chi connectivity index (χ0) is 10.6. The molecule has 0 amide bonds. The molecule has 0 aliphatic carbocycles. The van der Waals surface area contributed by atoms with Crippen molar-refractivity contribution in [2.24, 2.45) is 0 Å². The molecule has 1 rings (SSSR count). The molecule has 2 heteroatoms. The highest BCUT2D eigenvalue weighted by Gasteiger charge is 2.23. The highest BCUT2D eigenvalue weighted by molar-refractivity contribution is 5.39. The van der Waals surface area contributed by atoms with Gasteiger partial charge in [-0.2, -0.15) is 5.10 Å². The molecule has 1 heterocycles. The van der Waals surface area contributed by atoms with E-state index in [9.17, 15) is 0 Å². The Morgan fingerprint density at radius 1 is 1.57 bits per heavy atom. The van der Waals surface area contributed by atoms with Crippen molar-refractivity contribution in [3.8, 4) is 0 Å². The van der Waals surface area contributed by atoms with Gasteiger partial charge in [0.2, 0.25) is 0 Å². The van der Waals surface area contributed by atoms with E-state index in [-0.39, 0.29) is 5.54 Å². The Morgan fingerprint density at radius 3 is 2.71 bits per heavy atom. The van der Waals surface area contributed by atoms with E-state index in [1.165, 1.54) is 12.8 Å². The largest absolute Gasteiger partial charge is 0.266 e. The Morgan fingerprint density at radius 2 is 2.29 bits per heavy atom. The molecule has 0 saturated carbocycles. The average molecular weight is 192 g/mol. The molecule has 1 aromatic heterocycles. The summed E-state index contributed by atoms with van der Waals surface area (Å²) in [6.07, 6.45) is 7.31. The van der Waals surface area contributed by atoms with E-state index in [1.807, 2.05) is 6.07 Å². The van der Waals surface area contributed by atoms with Crippen molar-refractivity contribution in [1.82, 2.24) is 9.78 Å². The van der Waals surface area contributed by atoms with E-state index in [1.54, 1.807) is 6.08 Å². The van der Waals surface area contributed by atoms with Crippen molar-refractivity contribution in [3.63, 3.8) is 0 Å². The lowest BCUT2D eigenvalue weighted by Crippen LogP contribution is -2.29.